The number of fused-ring (bicyclic) bond motifs is 1. The second kappa shape index (κ2) is 7.62. The fourth-order valence-corrected chi connectivity index (χ4v) is 4.08. The number of imide groups is 1. The number of nitrogens with one attached hydrogen (secondary N) is 2. The van der Waals surface area contributed by atoms with Gasteiger partial charge in [0.05, 0.1) is 26.7 Å². The number of amides is 4. The van der Waals surface area contributed by atoms with Gasteiger partial charge in [0, 0.05) is 31.7 Å². The van der Waals surface area contributed by atoms with Crippen LogP contribution in [0.2, 0.25) is 0 Å². The van der Waals surface area contributed by atoms with Crippen molar-refractivity contribution in [2.45, 2.75) is 24.7 Å². The predicted octanol–water partition coefficient (Wildman–Crippen LogP) is -0.671. The molecule has 2 saturated heterocycles. The molecule has 3 N–H and O–H groups in total. The second-order valence-electron chi connectivity index (χ2n) is 7.50. The first-order chi connectivity index (χ1) is 13.9. The third kappa shape index (κ3) is 3.66. The Morgan fingerprint density at radius 3 is 2.76 bits per heavy atom. The third-order valence-electron chi connectivity index (χ3n) is 5.65. The highest BCUT2D eigenvalue weighted by molar-refractivity contribution is 6.09. The maximum atomic E-state index is 12.8. The van der Waals surface area contributed by atoms with Crippen LogP contribution in [-0.2, 0) is 20.9 Å². The largest absolute Gasteiger partial charge is 0.497 e. The van der Waals surface area contributed by atoms with Gasteiger partial charge in [-0.3, -0.25) is 19.8 Å². The summed E-state index contributed by atoms with van der Waals surface area (Å²) in [5, 5.41) is 15.6. The number of morpholine rings is 1. The molecule has 3 heterocycles. The number of ether oxygens (including phenoxy) is 2. The van der Waals surface area contributed by atoms with Crippen molar-refractivity contribution in [3.05, 3.63) is 29.3 Å². The van der Waals surface area contributed by atoms with Crippen LogP contribution >= 0.6 is 0 Å². The molecule has 0 bridgehead atoms. The van der Waals surface area contributed by atoms with Gasteiger partial charge in [0.15, 0.2) is 0 Å². The average molecular weight is 404 g/mol. The Balaban J connectivity index is 1.54. The van der Waals surface area contributed by atoms with Crippen LogP contribution in [0.3, 0.4) is 0 Å². The van der Waals surface area contributed by atoms with Crippen LogP contribution in [0.4, 0.5) is 4.79 Å². The number of methoxy groups -OCH3 is 1. The lowest BCUT2D eigenvalue weighted by atomic mass is 9.93. The van der Waals surface area contributed by atoms with Crippen molar-refractivity contribution in [1.82, 2.24) is 20.4 Å². The minimum absolute atomic E-state index is 0.00118. The van der Waals surface area contributed by atoms with E-state index in [4.69, 9.17) is 9.47 Å². The van der Waals surface area contributed by atoms with E-state index >= 15 is 0 Å². The molecule has 0 saturated carbocycles. The highest BCUT2D eigenvalue weighted by Gasteiger charge is 2.51. The Morgan fingerprint density at radius 2 is 2.10 bits per heavy atom. The Labute approximate surface area is 167 Å². The summed E-state index contributed by atoms with van der Waals surface area (Å²) in [5.74, 6) is -0.183. The number of carbonyl (C=O) groups is 3. The Morgan fingerprint density at radius 1 is 1.34 bits per heavy atom. The van der Waals surface area contributed by atoms with Crippen molar-refractivity contribution in [2.75, 3.05) is 40.0 Å². The van der Waals surface area contributed by atoms with Crippen molar-refractivity contribution in [1.29, 1.82) is 0 Å². The molecule has 4 amide bonds. The minimum Gasteiger partial charge on any atom is -0.497 e. The maximum absolute atomic E-state index is 12.8. The van der Waals surface area contributed by atoms with E-state index in [2.05, 4.69) is 10.6 Å². The number of nitrogens with zero attached hydrogens (tertiary/aromatic N) is 2. The number of urea groups is 1. The van der Waals surface area contributed by atoms with E-state index in [1.54, 1.807) is 29.0 Å². The van der Waals surface area contributed by atoms with Crippen LogP contribution < -0.4 is 15.4 Å². The summed E-state index contributed by atoms with van der Waals surface area (Å²) in [6.45, 7) is 2.17. The summed E-state index contributed by atoms with van der Waals surface area (Å²) in [7, 11) is 1.55. The first-order valence-electron chi connectivity index (χ1n) is 9.50. The number of hydrogen-bond acceptors (Lipinski definition) is 7. The smallest absolute Gasteiger partial charge is 0.322 e. The molecule has 4 rings (SSSR count). The molecule has 10 nitrogen and oxygen atoms in total. The van der Waals surface area contributed by atoms with Crippen molar-refractivity contribution >= 4 is 17.8 Å². The number of carbonyl (C=O) groups excluding carboxylic acids is 3. The predicted molar refractivity (Wildman–Crippen MR) is 99.8 cm³/mol. The van der Waals surface area contributed by atoms with E-state index in [0.29, 0.717) is 44.2 Å². The number of benzene rings is 1. The zero-order valence-electron chi connectivity index (χ0n) is 16.1. The van der Waals surface area contributed by atoms with Gasteiger partial charge in [-0.05, 0) is 17.7 Å². The van der Waals surface area contributed by atoms with Gasteiger partial charge in [0.2, 0.25) is 5.91 Å². The van der Waals surface area contributed by atoms with Gasteiger partial charge in [-0.2, -0.15) is 0 Å². The van der Waals surface area contributed by atoms with Crippen LogP contribution in [0, 0.1) is 0 Å². The van der Waals surface area contributed by atoms with Gasteiger partial charge < -0.3 is 24.8 Å². The molecule has 29 heavy (non-hydrogen) atoms. The van der Waals surface area contributed by atoms with Crippen LogP contribution in [0.15, 0.2) is 18.2 Å². The Bertz CT molecular complexity index is 840. The van der Waals surface area contributed by atoms with Crippen LogP contribution in [0.25, 0.3) is 0 Å². The summed E-state index contributed by atoms with van der Waals surface area (Å²) in [6.07, 6.45) is -1.16. The lowest BCUT2D eigenvalue weighted by Gasteiger charge is -2.34. The summed E-state index contributed by atoms with van der Waals surface area (Å²) >= 11 is 0. The monoisotopic (exact) mass is 404 g/mol. The summed E-state index contributed by atoms with van der Waals surface area (Å²) < 4.78 is 10.5. The Hall–Kier alpha value is -2.69. The highest BCUT2D eigenvalue weighted by Crippen LogP contribution is 2.36. The minimum atomic E-state index is -1.44. The number of rotatable bonds is 5. The molecule has 1 unspecified atom stereocenters. The molecule has 0 radical (unpaired) electrons. The van der Waals surface area contributed by atoms with E-state index < -0.39 is 23.7 Å². The lowest BCUT2D eigenvalue weighted by molar-refractivity contribution is -0.141. The molecule has 0 aliphatic carbocycles. The summed E-state index contributed by atoms with van der Waals surface area (Å²) in [5.41, 5.74) is 0.140. The molecule has 156 valence electrons. The van der Waals surface area contributed by atoms with Gasteiger partial charge in [-0.25, -0.2) is 4.79 Å². The number of aliphatic hydroxyl groups is 1. The first kappa shape index (κ1) is 19.6. The topological polar surface area (TPSA) is 120 Å². The van der Waals surface area contributed by atoms with Crippen molar-refractivity contribution in [2.24, 2.45) is 0 Å². The summed E-state index contributed by atoms with van der Waals surface area (Å²) in [6, 6.07) is 4.77. The molecule has 1 aromatic rings. The second-order valence-corrected chi connectivity index (χ2v) is 7.50. The van der Waals surface area contributed by atoms with Crippen LogP contribution in [0.5, 0.6) is 5.75 Å². The molecule has 3 aliphatic rings. The zero-order valence-corrected chi connectivity index (χ0v) is 16.1. The van der Waals surface area contributed by atoms with Crippen molar-refractivity contribution < 1.29 is 29.0 Å². The zero-order chi connectivity index (χ0) is 20.6. The van der Waals surface area contributed by atoms with Gasteiger partial charge in [0.1, 0.15) is 17.5 Å². The SMILES string of the molecule is COc1ccc2c(c1)[C@H](O)N(CC1(CC(=O)N3CCOCC3)NC(=O)NC1=O)C2. The summed E-state index contributed by atoms with van der Waals surface area (Å²) in [4.78, 5) is 40.7. The fourth-order valence-electron chi connectivity index (χ4n) is 4.08. The molecule has 2 fully saturated rings. The standard InChI is InChI=1S/C19H24N4O6/c1-28-13-3-2-12-10-23(16(25)14(12)8-13)11-19(17(26)20-18(27)21-19)9-15(24)22-4-6-29-7-5-22/h2-3,8,16,25H,4-7,9-11H2,1H3,(H2,20,21,26,27)/t16-,19?/m0/s1. The number of hydrogen-bond donors (Lipinski definition) is 3. The molecule has 10 heteroatoms. The van der Waals surface area contributed by atoms with Crippen molar-refractivity contribution in [3.63, 3.8) is 0 Å². The van der Waals surface area contributed by atoms with Gasteiger partial charge in [-0.1, -0.05) is 6.07 Å². The van der Waals surface area contributed by atoms with Crippen molar-refractivity contribution in [3.8, 4) is 5.75 Å². The molecule has 1 aromatic carbocycles. The van der Waals surface area contributed by atoms with E-state index in [-0.39, 0.29) is 18.9 Å². The molecule has 0 aromatic heterocycles. The van der Waals surface area contributed by atoms with Gasteiger partial charge in [0.25, 0.3) is 5.91 Å². The maximum Gasteiger partial charge on any atom is 0.322 e. The van der Waals surface area contributed by atoms with Crippen LogP contribution in [0.1, 0.15) is 23.8 Å². The van der Waals surface area contributed by atoms with E-state index in [0.717, 1.165) is 5.56 Å². The molecule has 2 atom stereocenters. The lowest BCUT2D eigenvalue weighted by Crippen LogP contribution is -2.58. The van der Waals surface area contributed by atoms with Gasteiger partial charge in [-0.15, -0.1) is 0 Å². The van der Waals surface area contributed by atoms with E-state index in [1.807, 2.05) is 6.07 Å². The molecule has 0 spiro atoms. The molecular weight excluding hydrogens is 380 g/mol. The van der Waals surface area contributed by atoms with E-state index in [9.17, 15) is 19.5 Å². The number of aliphatic hydroxyl groups excluding tert-OH is 1. The normalized spacial score (nSPS) is 26.8. The van der Waals surface area contributed by atoms with E-state index in [1.165, 1.54) is 0 Å². The highest BCUT2D eigenvalue weighted by atomic mass is 16.5. The third-order valence-corrected chi connectivity index (χ3v) is 5.65. The average Bonchev–Trinajstić information content (AvgIpc) is 3.17. The fraction of sp³-hybridized carbons (Fsp3) is 0.526. The molecular formula is C19H24N4O6. The first-order valence-corrected chi connectivity index (χ1v) is 9.50. The Kier molecular flexibility index (Phi) is 5.15. The molecule has 3 aliphatic heterocycles. The van der Waals surface area contributed by atoms with Gasteiger partial charge >= 0.3 is 6.03 Å². The quantitative estimate of drug-likeness (QED) is 0.557. The van der Waals surface area contributed by atoms with Crippen LogP contribution in [-0.4, -0.2) is 78.2 Å².